The smallest absolute Gasteiger partial charge is 0.105 e. The van der Waals surface area contributed by atoms with E-state index in [0.29, 0.717) is 13.0 Å². The van der Waals surface area contributed by atoms with E-state index in [1.54, 1.807) is 14.2 Å². The SMILES string of the molecule is COCC(OC)c1cccc(CC#N)c1. The minimum absolute atomic E-state index is 0.0614. The van der Waals surface area contributed by atoms with Crippen LogP contribution in [0.5, 0.6) is 0 Å². The zero-order valence-corrected chi connectivity index (χ0v) is 9.06. The Labute approximate surface area is 90.2 Å². The molecule has 3 nitrogen and oxygen atoms in total. The summed E-state index contributed by atoms with van der Waals surface area (Å²) in [4.78, 5) is 0. The molecule has 80 valence electrons. The third kappa shape index (κ3) is 3.35. The van der Waals surface area contributed by atoms with Crippen molar-refractivity contribution in [2.24, 2.45) is 0 Å². The van der Waals surface area contributed by atoms with E-state index in [1.807, 2.05) is 24.3 Å². The van der Waals surface area contributed by atoms with Crippen molar-refractivity contribution < 1.29 is 9.47 Å². The third-order valence-electron chi connectivity index (χ3n) is 2.21. The Morgan fingerprint density at radius 3 is 2.80 bits per heavy atom. The minimum atomic E-state index is -0.0614. The first-order chi connectivity index (χ1) is 7.31. The highest BCUT2D eigenvalue weighted by Gasteiger charge is 2.09. The van der Waals surface area contributed by atoms with Crippen molar-refractivity contribution in [2.45, 2.75) is 12.5 Å². The second-order valence-electron chi connectivity index (χ2n) is 3.26. The van der Waals surface area contributed by atoms with Crippen LogP contribution in [0.1, 0.15) is 17.2 Å². The van der Waals surface area contributed by atoms with Gasteiger partial charge in [-0.3, -0.25) is 0 Å². The molecule has 0 heterocycles. The molecule has 1 atom stereocenters. The standard InChI is InChI=1S/C12H15NO2/c1-14-9-12(15-2)11-5-3-4-10(8-11)6-7-13/h3-5,8,12H,6,9H2,1-2H3. The Bertz CT molecular complexity index is 344. The molecule has 15 heavy (non-hydrogen) atoms. The van der Waals surface area contributed by atoms with Crippen molar-refractivity contribution in [3.05, 3.63) is 35.4 Å². The van der Waals surface area contributed by atoms with Crippen LogP contribution >= 0.6 is 0 Å². The number of nitrogens with zero attached hydrogens (tertiary/aromatic N) is 1. The summed E-state index contributed by atoms with van der Waals surface area (Å²) >= 11 is 0. The van der Waals surface area contributed by atoms with Crippen LogP contribution in [-0.4, -0.2) is 20.8 Å². The van der Waals surface area contributed by atoms with E-state index in [1.165, 1.54) is 0 Å². The van der Waals surface area contributed by atoms with Crippen molar-refractivity contribution in [2.75, 3.05) is 20.8 Å². The molecular formula is C12H15NO2. The monoisotopic (exact) mass is 205 g/mol. The average molecular weight is 205 g/mol. The Hall–Kier alpha value is -1.37. The topological polar surface area (TPSA) is 42.2 Å². The molecule has 0 aliphatic heterocycles. The molecular weight excluding hydrogens is 190 g/mol. The number of ether oxygens (including phenoxy) is 2. The second-order valence-corrected chi connectivity index (χ2v) is 3.26. The molecule has 0 fully saturated rings. The largest absolute Gasteiger partial charge is 0.382 e. The summed E-state index contributed by atoms with van der Waals surface area (Å²) in [6, 6.07) is 9.96. The molecule has 0 spiro atoms. The predicted molar refractivity (Wildman–Crippen MR) is 57.4 cm³/mol. The van der Waals surface area contributed by atoms with Gasteiger partial charge in [-0.25, -0.2) is 0 Å². The summed E-state index contributed by atoms with van der Waals surface area (Å²) in [6.45, 7) is 0.520. The number of nitriles is 1. The lowest BCUT2D eigenvalue weighted by molar-refractivity contribution is 0.0274. The van der Waals surface area contributed by atoms with E-state index < -0.39 is 0 Å². The summed E-state index contributed by atoms with van der Waals surface area (Å²) in [7, 11) is 3.30. The lowest BCUT2D eigenvalue weighted by Crippen LogP contribution is -2.08. The van der Waals surface area contributed by atoms with Gasteiger partial charge in [-0.2, -0.15) is 5.26 Å². The highest BCUT2D eigenvalue weighted by atomic mass is 16.5. The summed E-state index contributed by atoms with van der Waals surface area (Å²) in [5.41, 5.74) is 2.06. The van der Waals surface area contributed by atoms with E-state index >= 15 is 0 Å². The zero-order valence-electron chi connectivity index (χ0n) is 9.06. The van der Waals surface area contributed by atoms with Gasteiger partial charge in [-0.1, -0.05) is 24.3 Å². The van der Waals surface area contributed by atoms with Gasteiger partial charge in [0.1, 0.15) is 6.10 Å². The molecule has 0 saturated heterocycles. The van der Waals surface area contributed by atoms with Crippen molar-refractivity contribution >= 4 is 0 Å². The number of rotatable bonds is 5. The van der Waals surface area contributed by atoms with Gasteiger partial charge in [0.15, 0.2) is 0 Å². The molecule has 0 aliphatic rings. The van der Waals surface area contributed by atoms with E-state index in [9.17, 15) is 0 Å². The lowest BCUT2D eigenvalue weighted by atomic mass is 10.0. The fourth-order valence-corrected chi connectivity index (χ4v) is 1.45. The van der Waals surface area contributed by atoms with Gasteiger partial charge in [0.05, 0.1) is 19.1 Å². The van der Waals surface area contributed by atoms with Crippen molar-refractivity contribution in [3.8, 4) is 6.07 Å². The quantitative estimate of drug-likeness (QED) is 0.739. The van der Waals surface area contributed by atoms with E-state index in [-0.39, 0.29) is 6.10 Å². The first-order valence-corrected chi connectivity index (χ1v) is 4.79. The van der Waals surface area contributed by atoms with Gasteiger partial charge in [0.25, 0.3) is 0 Å². The van der Waals surface area contributed by atoms with Gasteiger partial charge in [0.2, 0.25) is 0 Å². The van der Waals surface area contributed by atoms with Crippen LogP contribution in [0.15, 0.2) is 24.3 Å². The molecule has 0 bridgehead atoms. The molecule has 0 N–H and O–H groups in total. The van der Waals surface area contributed by atoms with Gasteiger partial charge < -0.3 is 9.47 Å². The average Bonchev–Trinajstić information content (AvgIpc) is 2.27. The Kier molecular flexibility index (Phi) is 4.82. The van der Waals surface area contributed by atoms with Gasteiger partial charge in [-0.05, 0) is 11.1 Å². The number of hydrogen-bond donors (Lipinski definition) is 0. The Morgan fingerprint density at radius 2 is 2.20 bits per heavy atom. The van der Waals surface area contributed by atoms with Crippen LogP contribution in [0.3, 0.4) is 0 Å². The normalized spacial score (nSPS) is 12.1. The number of hydrogen-bond acceptors (Lipinski definition) is 3. The first kappa shape index (κ1) is 11.7. The van der Waals surface area contributed by atoms with Crippen LogP contribution in [-0.2, 0) is 15.9 Å². The summed E-state index contributed by atoms with van der Waals surface area (Å²) < 4.78 is 10.4. The van der Waals surface area contributed by atoms with Crippen LogP contribution < -0.4 is 0 Å². The van der Waals surface area contributed by atoms with Gasteiger partial charge in [-0.15, -0.1) is 0 Å². The second kappa shape index (κ2) is 6.18. The zero-order chi connectivity index (χ0) is 11.1. The van der Waals surface area contributed by atoms with Crippen LogP contribution in [0.25, 0.3) is 0 Å². The maximum Gasteiger partial charge on any atom is 0.105 e. The molecule has 1 rings (SSSR count). The highest BCUT2D eigenvalue weighted by molar-refractivity contribution is 5.27. The molecule has 0 aliphatic carbocycles. The predicted octanol–water partition coefficient (Wildman–Crippen LogP) is 2.09. The van der Waals surface area contributed by atoms with Crippen LogP contribution in [0, 0.1) is 11.3 Å². The molecule has 1 aromatic carbocycles. The summed E-state index contributed by atoms with van der Waals surface area (Å²) in [5, 5.41) is 8.60. The third-order valence-corrected chi connectivity index (χ3v) is 2.21. The molecule has 0 radical (unpaired) electrons. The van der Waals surface area contributed by atoms with Crippen LogP contribution in [0.2, 0.25) is 0 Å². The van der Waals surface area contributed by atoms with E-state index in [4.69, 9.17) is 14.7 Å². The van der Waals surface area contributed by atoms with E-state index in [2.05, 4.69) is 6.07 Å². The maximum atomic E-state index is 8.60. The maximum absolute atomic E-state index is 8.60. The molecule has 3 heteroatoms. The fourth-order valence-electron chi connectivity index (χ4n) is 1.45. The number of benzene rings is 1. The summed E-state index contributed by atoms with van der Waals surface area (Å²) in [6.07, 6.45) is 0.366. The lowest BCUT2D eigenvalue weighted by Gasteiger charge is -2.15. The number of methoxy groups -OCH3 is 2. The first-order valence-electron chi connectivity index (χ1n) is 4.79. The van der Waals surface area contributed by atoms with Crippen molar-refractivity contribution in [1.29, 1.82) is 5.26 Å². The minimum Gasteiger partial charge on any atom is -0.382 e. The molecule has 0 amide bonds. The molecule has 0 aromatic heterocycles. The Balaban J connectivity index is 2.83. The molecule has 1 unspecified atom stereocenters. The molecule has 1 aromatic rings. The highest BCUT2D eigenvalue weighted by Crippen LogP contribution is 2.18. The van der Waals surface area contributed by atoms with Gasteiger partial charge in [0, 0.05) is 14.2 Å². The summed E-state index contributed by atoms with van der Waals surface area (Å²) in [5.74, 6) is 0. The Morgan fingerprint density at radius 1 is 1.40 bits per heavy atom. The van der Waals surface area contributed by atoms with E-state index in [0.717, 1.165) is 11.1 Å². The van der Waals surface area contributed by atoms with Crippen LogP contribution in [0.4, 0.5) is 0 Å². The fraction of sp³-hybridized carbons (Fsp3) is 0.417. The molecule has 0 saturated carbocycles. The van der Waals surface area contributed by atoms with Crippen molar-refractivity contribution in [1.82, 2.24) is 0 Å². The van der Waals surface area contributed by atoms with Gasteiger partial charge >= 0.3 is 0 Å². The van der Waals surface area contributed by atoms with Crippen molar-refractivity contribution in [3.63, 3.8) is 0 Å².